The van der Waals surface area contributed by atoms with Gasteiger partial charge in [0.1, 0.15) is 10.6 Å². The molecule has 4 rings (SSSR count). The van der Waals surface area contributed by atoms with Gasteiger partial charge < -0.3 is 4.74 Å². The number of benzene rings is 1. The van der Waals surface area contributed by atoms with Gasteiger partial charge in [-0.2, -0.15) is 0 Å². The lowest BCUT2D eigenvalue weighted by molar-refractivity contribution is 0.408. The number of aromatic nitrogens is 2. The van der Waals surface area contributed by atoms with Gasteiger partial charge in [0.2, 0.25) is 0 Å². The summed E-state index contributed by atoms with van der Waals surface area (Å²) in [6, 6.07) is 5.45. The van der Waals surface area contributed by atoms with Crippen LogP contribution in [0.15, 0.2) is 29.3 Å². The van der Waals surface area contributed by atoms with E-state index in [0.717, 1.165) is 40.8 Å². The van der Waals surface area contributed by atoms with E-state index in [1.165, 1.54) is 23.3 Å². The van der Waals surface area contributed by atoms with Gasteiger partial charge in [0.05, 0.1) is 25.4 Å². The Labute approximate surface area is 155 Å². The van der Waals surface area contributed by atoms with Crippen LogP contribution in [-0.2, 0) is 19.4 Å². The second-order valence-electron chi connectivity index (χ2n) is 6.38. The highest BCUT2D eigenvalue weighted by Gasteiger charge is 2.19. The fourth-order valence-electron chi connectivity index (χ4n) is 3.52. The van der Waals surface area contributed by atoms with Crippen LogP contribution in [0.3, 0.4) is 0 Å². The number of hydrogen-bond acceptors (Lipinski definition) is 4. The van der Waals surface area contributed by atoms with Crippen molar-refractivity contribution in [3.8, 4) is 5.75 Å². The second-order valence-corrected chi connectivity index (χ2v) is 7.90. The van der Waals surface area contributed by atoms with E-state index in [9.17, 15) is 4.79 Å². The second kappa shape index (κ2) is 6.81. The standard InChI is InChI=1S/C19H19ClN2O2S/c1-24-15-8-7-13(20)9-12(15)10-22-11-21-18-17(19(22)23)14-5-3-2-4-6-16(14)25-18/h7-9,11H,2-6,10H2,1H3. The summed E-state index contributed by atoms with van der Waals surface area (Å²) in [6.45, 7) is 0.399. The molecule has 0 radical (unpaired) electrons. The molecule has 0 aliphatic heterocycles. The highest BCUT2D eigenvalue weighted by molar-refractivity contribution is 7.18. The normalized spacial score (nSPS) is 14.3. The zero-order valence-corrected chi connectivity index (χ0v) is 15.6. The van der Waals surface area contributed by atoms with Gasteiger partial charge in [-0.05, 0) is 49.4 Å². The summed E-state index contributed by atoms with van der Waals surface area (Å²) in [6.07, 6.45) is 7.27. The van der Waals surface area contributed by atoms with Gasteiger partial charge >= 0.3 is 0 Å². The molecular weight excluding hydrogens is 356 g/mol. The van der Waals surface area contributed by atoms with Crippen LogP contribution in [-0.4, -0.2) is 16.7 Å². The third-order valence-electron chi connectivity index (χ3n) is 4.77. The first-order valence-electron chi connectivity index (χ1n) is 8.49. The van der Waals surface area contributed by atoms with Gasteiger partial charge in [-0.3, -0.25) is 9.36 Å². The summed E-state index contributed by atoms with van der Waals surface area (Å²) >= 11 is 7.80. The Bertz CT molecular complexity index is 993. The number of hydrogen-bond donors (Lipinski definition) is 0. The van der Waals surface area contributed by atoms with Crippen molar-refractivity contribution < 1.29 is 4.74 Å². The predicted octanol–water partition coefficient (Wildman–Crippen LogP) is 4.44. The molecule has 1 aromatic carbocycles. The third-order valence-corrected chi connectivity index (χ3v) is 6.21. The summed E-state index contributed by atoms with van der Waals surface area (Å²) < 4.78 is 7.06. The fourth-order valence-corrected chi connectivity index (χ4v) is 4.94. The van der Waals surface area contributed by atoms with Crippen molar-refractivity contribution >= 4 is 33.2 Å². The van der Waals surface area contributed by atoms with Crippen LogP contribution in [0, 0.1) is 0 Å². The van der Waals surface area contributed by atoms with E-state index in [-0.39, 0.29) is 5.56 Å². The topological polar surface area (TPSA) is 44.1 Å². The number of fused-ring (bicyclic) bond motifs is 3. The number of nitrogens with zero attached hydrogens (tertiary/aromatic N) is 2. The molecular formula is C19H19ClN2O2S. The minimum atomic E-state index is 0.0337. The smallest absolute Gasteiger partial charge is 0.262 e. The van der Waals surface area contributed by atoms with E-state index in [0.29, 0.717) is 11.6 Å². The van der Waals surface area contributed by atoms with Gasteiger partial charge in [-0.25, -0.2) is 4.98 Å². The molecule has 0 saturated carbocycles. The molecule has 25 heavy (non-hydrogen) atoms. The number of ether oxygens (including phenoxy) is 1. The van der Waals surface area contributed by atoms with Crippen molar-refractivity contribution in [1.82, 2.24) is 9.55 Å². The van der Waals surface area contributed by atoms with Gasteiger partial charge in [0, 0.05) is 15.5 Å². The van der Waals surface area contributed by atoms with Crippen molar-refractivity contribution in [2.45, 2.75) is 38.6 Å². The molecule has 1 aliphatic rings. The average Bonchev–Trinajstić information content (AvgIpc) is 2.80. The maximum absolute atomic E-state index is 13.1. The molecule has 2 aromatic heterocycles. The van der Waals surface area contributed by atoms with Crippen LogP contribution in [0.2, 0.25) is 5.02 Å². The quantitative estimate of drug-likeness (QED) is 0.637. The van der Waals surface area contributed by atoms with Gasteiger partial charge in [-0.1, -0.05) is 18.0 Å². The monoisotopic (exact) mass is 374 g/mol. The van der Waals surface area contributed by atoms with Crippen molar-refractivity contribution in [1.29, 1.82) is 0 Å². The molecule has 0 fully saturated rings. The Morgan fingerprint density at radius 3 is 2.96 bits per heavy atom. The Morgan fingerprint density at radius 1 is 1.28 bits per heavy atom. The number of thiophene rings is 1. The van der Waals surface area contributed by atoms with E-state index in [1.54, 1.807) is 35.4 Å². The first-order valence-corrected chi connectivity index (χ1v) is 9.69. The van der Waals surface area contributed by atoms with E-state index in [4.69, 9.17) is 16.3 Å². The molecule has 130 valence electrons. The lowest BCUT2D eigenvalue weighted by Crippen LogP contribution is -2.21. The maximum Gasteiger partial charge on any atom is 0.262 e. The number of aryl methyl sites for hydroxylation is 2. The van der Waals surface area contributed by atoms with E-state index >= 15 is 0 Å². The zero-order valence-electron chi connectivity index (χ0n) is 14.0. The molecule has 1 aliphatic carbocycles. The summed E-state index contributed by atoms with van der Waals surface area (Å²) in [4.78, 5) is 19.9. The van der Waals surface area contributed by atoms with Crippen molar-refractivity contribution in [3.05, 3.63) is 55.9 Å². The highest BCUT2D eigenvalue weighted by atomic mass is 35.5. The zero-order chi connectivity index (χ0) is 17.4. The first-order chi connectivity index (χ1) is 12.2. The van der Waals surface area contributed by atoms with Crippen molar-refractivity contribution in [2.24, 2.45) is 0 Å². The fraction of sp³-hybridized carbons (Fsp3) is 0.368. The molecule has 4 nitrogen and oxygen atoms in total. The Morgan fingerprint density at radius 2 is 2.12 bits per heavy atom. The minimum Gasteiger partial charge on any atom is -0.496 e. The van der Waals surface area contributed by atoms with Gasteiger partial charge in [0.25, 0.3) is 5.56 Å². The Kier molecular flexibility index (Phi) is 4.52. The van der Waals surface area contributed by atoms with Crippen molar-refractivity contribution in [2.75, 3.05) is 7.11 Å². The van der Waals surface area contributed by atoms with E-state index in [1.807, 2.05) is 12.1 Å². The Hall–Kier alpha value is -1.85. The van der Waals surface area contributed by atoms with Crippen LogP contribution < -0.4 is 10.3 Å². The highest BCUT2D eigenvalue weighted by Crippen LogP contribution is 2.33. The first kappa shape index (κ1) is 16.6. The van der Waals surface area contributed by atoms with Gasteiger partial charge in [-0.15, -0.1) is 11.3 Å². The molecule has 0 amide bonds. The lowest BCUT2D eigenvalue weighted by atomic mass is 10.1. The molecule has 0 bridgehead atoms. The molecule has 0 atom stereocenters. The molecule has 3 aromatic rings. The summed E-state index contributed by atoms with van der Waals surface area (Å²) in [5.74, 6) is 0.723. The van der Waals surface area contributed by atoms with Crippen LogP contribution in [0.5, 0.6) is 5.75 Å². The van der Waals surface area contributed by atoms with Gasteiger partial charge in [0.15, 0.2) is 0 Å². The predicted molar refractivity (Wildman–Crippen MR) is 102 cm³/mol. The maximum atomic E-state index is 13.1. The average molecular weight is 375 g/mol. The summed E-state index contributed by atoms with van der Waals surface area (Å²) in [5.41, 5.74) is 2.13. The van der Waals surface area contributed by atoms with Crippen LogP contribution in [0.25, 0.3) is 10.2 Å². The lowest BCUT2D eigenvalue weighted by Gasteiger charge is -2.11. The molecule has 0 spiro atoms. The Balaban J connectivity index is 1.81. The van der Waals surface area contributed by atoms with Crippen molar-refractivity contribution in [3.63, 3.8) is 0 Å². The molecule has 0 N–H and O–H groups in total. The number of halogens is 1. The third kappa shape index (κ3) is 3.07. The SMILES string of the molecule is COc1ccc(Cl)cc1Cn1cnc2sc3c(c2c1=O)CCCCC3. The molecule has 0 unspecified atom stereocenters. The van der Waals surface area contributed by atoms with E-state index < -0.39 is 0 Å². The number of methoxy groups -OCH3 is 1. The summed E-state index contributed by atoms with van der Waals surface area (Å²) in [7, 11) is 1.62. The molecule has 6 heteroatoms. The van der Waals surface area contributed by atoms with Crippen LogP contribution >= 0.6 is 22.9 Å². The molecule has 0 saturated heterocycles. The number of rotatable bonds is 3. The van der Waals surface area contributed by atoms with Crippen LogP contribution in [0.1, 0.15) is 35.3 Å². The largest absolute Gasteiger partial charge is 0.496 e. The minimum absolute atomic E-state index is 0.0337. The molecule has 2 heterocycles. The van der Waals surface area contributed by atoms with Crippen LogP contribution in [0.4, 0.5) is 0 Å². The van der Waals surface area contributed by atoms with E-state index in [2.05, 4.69) is 4.98 Å². The summed E-state index contributed by atoms with van der Waals surface area (Å²) in [5, 5.41) is 1.44.